The van der Waals surface area contributed by atoms with Crippen molar-refractivity contribution < 1.29 is 4.74 Å². The molecule has 0 spiro atoms. The van der Waals surface area contributed by atoms with Crippen LogP contribution in [0.3, 0.4) is 0 Å². The molecule has 0 saturated carbocycles. The summed E-state index contributed by atoms with van der Waals surface area (Å²) in [7, 11) is 1.80. The maximum absolute atomic E-state index is 5.52. The molecule has 0 aliphatic rings. The molecule has 2 aromatic rings. The Morgan fingerprint density at radius 1 is 1.47 bits per heavy atom. The molecule has 0 aliphatic heterocycles. The smallest absolute Gasteiger partial charge is 0.335 e. The maximum atomic E-state index is 5.52. The van der Waals surface area contributed by atoms with Crippen LogP contribution in [0.4, 0.5) is 0 Å². The molecule has 0 atom stereocenters. The number of hydrogen-bond acceptors (Lipinski definition) is 5. The molecule has 0 bridgehead atoms. The van der Waals surface area contributed by atoms with Crippen LogP contribution in [0.1, 0.15) is 9.75 Å². The lowest BCUT2D eigenvalue weighted by Gasteiger charge is -1.97. The van der Waals surface area contributed by atoms with Crippen LogP contribution >= 0.6 is 11.3 Å². The third-order valence-corrected chi connectivity index (χ3v) is 2.92. The largest absolute Gasteiger partial charge is 0.457 e. The van der Waals surface area contributed by atoms with E-state index in [-0.39, 0.29) is 0 Å². The molecule has 2 N–H and O–H groups in total. The number of nitrogens with two attached hydrogens (primary N) is 1. The van der Waals surface area contributed by atoms with Crippen LogP contribution in [0.5, 0.6) is 6.01 Å². The Bertz CT molecular complexity index is 437. The third-order valence-electron chi connectivity index (χ3n) is 1.84. The third kappa shape index (κ3) is 2.54. The second-order valence-electron chi connectivity index (χ2n) is 3.06. The minimum absolute atomic E-state index is 0.403. The summed E-state index contributed by atoms with van der Waals surface area (Å²) in [6.07, 6.45) is 1.61. The van der Waals surface area contributed by atoms with Crippen LogP contribution in [0, 0.1) is 0 Å². The monoisotopic (exact) mass is 224 g/mol. The molecule has 0 aromatic carbocycles. The van der Waals surface area contributed by atoms with Gasteiger partial charge in [0.1, 0.15) is 12.9 Å². The Labute approximate surface area is 91.5 Å². The van der Waals surface area contributed by atoms with E-state index < -0.39 is 0 Å². The fraction of sp³-hybridized carbons (Fsp3) is 0.333. The first-order valence-electron chi connectivity index (χ1n) is 4.54. The number of nitrogens with zero attached hydrogens (tertiary/aromatic N) is 3. The predicted octanol–water partition coefficient (Wildman–Crippen LogP) is 0.914. The molecule has 2 rings (SSSR count). The van der Waals surface area contributed by atoms with Gasteiger partial charge in [0.15, 0.2) is 0 Å². The van der Waals surface area contributed by atoms with Crippen molar-refractivity contribution >= 4 is 11.3 Å². The van der Waals surface area contributed by atoms with Crippen LogP contribution in [0.25, 0.3) is 0 Å². The van der Waals surface area contributed by atoms with Gasteiger partial charge in [0, 0.05) is 23.3 Å². The molecule has 0 unspecified atom stereocenters. The van der Waals surface area contributed by atoms with Crippen molar-refractivity contribution in [2.75, 3.05) is 0 Å². The minimum atomic E-state index is 0.403. The summed E-state index contributed by atoms with van der Waals surface area (Å²) in [4.78, 5) is 6.25. The summed E-state index contributed by atoms with van der Waals surface area (Å²) in [6, 6.07) is 4.42. The predicted molar refractivity (Wildman–Crippen MR) is 57.5 cm³/mol. The molecular weight excluding hydrogens is 212 g/mol. The number of thiophene rings is 1. The van der Waals surface area contributed by atoms with Gasteiger partial charge in [0.2, 0.25) is 0 Å². The molecule has 15 heavy (non-hydrogen) atoms. The summed E-state index contributed by atoms with van der Waals surface area (Å²) in [5.74, 6) is 0. The first kappa shape index (κ1) is 10.1. The zero-order valence-corrected chi connectivity index (χ0v) is 9.20. The van der Waals surface area contributed by atoms with Crippen LogP contribution < -0.4 is 10.5 Å². The summed E-state index contributed by atoms with van der Waals surface area (Å²) in [5.41, 5.74) is 5.52. The first-order chi connectivity index (χ1) is 7.28. The molecule has 0 fully saturated rings. The molecule has 2 heterocycles. The van der Waals surface area contributed by atoms with Gasteiger partial charge in [-0.25, -0.2) is 0 Å². The lowest BCUT2D eigenvalue weighted by molar-refractivity contribution is 0.283. The van der Waals surface area contributed by atoms with E-state index in [1.807, 2.05) is 12.1 Å². The van der Waals surface area contributed by atoms with Gasteiger partial charge >= 0.3 is 6.01 Å². The molecule has 0 amide bonds. The van der Waals surface area contributed by atoms with E-state index in [1.54, 1.807) is 29.4 Å². The summed E-state index contributed by atoms with van der Waals surface area (Å²) < 4.78 is 7.00. The quantitative estimate of drug-likeness (QED) is 0.838. The van der Waals surface area contributed by atoms with Crippen molar-refractivity contribution in [1.82, 2.24) is 14.8 Å². The van der Waals surface area contributed by atoms with Crippen molar-refractivity contribution in [2.24, 2.45) is 12.8 Å². The molecule has 0 saturated heterocycles. The molecule has 0 radical (unpaired) electrons. The van der Waals surface area contributed by atoms with Crippen LogP contribution in [-0.4, -0.2) is 14.8 Å². The summed E-state index contributed by atoms with van der Waals surface area (Å²) in [5, 5.41) is 4.02. The lowest BCUT2D eigenvalue weighted by atomic mass is 10.4. The molecule has 80 valence electrons. The van der Waals surface area contributed by atoms with E-state index in [9.17, 15) is 0 Å². The Morgan fingerprint density at radius 3 is 2.87 bits per heavy atom. The number of aromatic nitrogens is 3. The Morgan fingerprint density at radius 2 is 2.27 bits per heavy atom. The van der Waals surface area contributed by atoms with Gasteiger partial charge < -0.3 is 10.5 Å². The Balaban J connectivity index is 1.93. The van der Waals surface area contributed by atoms with Crippen molar-refractivity contribution in [1.29, 1.82) is 0 Å². The van der Waals surface area contributed by atoms with Gasteiger partial charge in [0.05, 0.1) is 0 Å². The topological polar surface area (TPSA) is 66.0 Å². The van der Waals surface area contributed by atoms with E-state index in [0.29, 0.717) is 19.2 Å². The summed E-state index contributed by atoms with van der Waals surface area (Å²) in [6.45, 7) is 1.07. The zero-order chi connectivity index (χ0) is 10.7. The molecule has 6 heteroatoms. The standard InChI is InChI=1S/C9H12N4OS/c1-13-6-11-9(12-13)14-5-8-3-2-7(4-10)15-8/h2-3,6H,4-5,10H2,1H3. The normalized spacial score (nSPS) is 10.5. The SMILES string of the molecule is Cn1cnc(OCc2ccc(CN)s2)n1. The van der Waals surface area contributed by atoms with E-state index in [4.69, 9.17) is 10.5 Å². The van der Waals surface area contributed by atoms with E-state index in [0.717, 1.165) is 9.75 Å². The highest BCUT2D eigenvalue weighted by Crippen LogP contribution is 2.17. The average Bonchev–Trinajstić information content (AvgIpc) is 2.83. The molecule has 2 aromatic heterocycles. The highest BCUT2D eigenvalue weighted by molar-refractivity contribution is 7.11. The second-order valence-corrected chi connectivity index (χ2v) is 4.31. The molecule has 5 nitrogen and oxygen atoms in total. The number of rotatable bonds is 4. The van der Waals surface area contributed by atoms with Gasteiger partial charge in [-0.15, -0.1) is 16.4 Å². The number of hydrogen-bond donors (Lipinski definition) is 1. The Hall–Kier alpha value is -1.40. The van der Waals surface area contributed by atoms with Crippen molar-refractivity contribution in [2.45, 2.75) is 13.2 Å². The number of aryl methyl sites for hydroxylation is 1. The van der Waals surface area contributed by atoms with Gasteiger partial charge in [-0.3, -0.25) is 4.68 Å². The molecule has 0 aliphatic carbocycles. The van der Waals surface area contributed by atoms with Gasteiger partial charge in [-0.2, -0.15) is 4.98 Å². The van der Waals surface area contributed by atoms with Crippen LogP contribution in [0.2, 0.25) is 0 Å². The molecular formula is C9H12N4OS. The fourth-order valence-corrected chi connectivity index (χ4v) is 1.94. The summed E-state index contributed by atoms with van der Waals surface area (Å²) >= 11 is 1.65. The zero-order valence-electron chi connectivity index (χ0n) is 8.38. The van der Waals surface area contributed by atoms with E-state index >= 15 is 0 Å². The van der Waals surface area contributed by atoms with Gasteiger partial charge in [-0.1, -0.05) is 0 Å². The van der Waals surface area contributed by atoms with Crippen LogP contribution in [0.15, 0.2) is 18.5 Å². The first-order valence-corrected chi connectivity index (χ1v) is 5.35. The fourth-order valence-electron chi connectivity index (χ4n) is 1.13. The highest BCUT2D eigenvalue weighted by Gasteiger charge is 2.02. The number of ether oxygens (including phenoxy) is 1. The second kappa shape index (κ2) is 4.41. The van der Waals surface area contributed by atoms with Gasteiger partial charge in [-0.05, 0) is 12.1 Å². The van der Waals surface area contributed by atoms with Crippen LogP contribution in [-0.2, 0) is 20.2 Å². The van der Waals surface area contributed by atoms with Crippen molar-refractivity contribution in [3.8, 4) is 6.01 Å². The highest BCUT2D eigenvalue weighted by atomic mass is 32.1. The minimum Gasteiger partial charge on any atom is -0.457 e. The van der Waals surface area contributed by atoms with Gasteiger partial charge in [0.25, 0.3) is 0 Å². The lowest BCUT2D eigenvalue weighted by Crippen LogP contribution is -1.96. The van der Waals surface area contributed by atoms with Crippen molar-refractivity contribution in [3.05, 3.63) is 28.2 Å². The maximum Gasteiger partial charge on any atom is 0.335 e. The van der Waals surface area contributed by atoms with E-state index in [1.165, 1.54) is 0 Å². The van der Waals surface area contributed by atoms with Crippen molar-refractivity contribution in [3.63, 3.8) is 0 Å². The average molecular weight is 224 g/mol. The Kier molecular flexibility index (Phi) is 2.98. The van der Waals surface area contributed by atoms with E-state index in [2.05, 4.69) is 10.1 Å².